The van der Waals surface area contributed by atoms with Crippen LogP contribution in [0.3, 0.4) is 0 Å². The van der Waals surface area contributed by atoms with Gasteiger partial charge in [0, 0.05) is 6.04 Å². The van der Waals surface area contributed by atoms with Crippen molar-refractivity contribution >= 4 is 17.3 Å². The Labute approximate surface area is 72.5 Å². The third kappa shape index (κ3) is 1.22. The molecule has 2 rings (SSSR count). The molecule has 3 N–H and O–H groups in total. The third-order valence-electron chi connectivity index (χ3n) is 3.11. The van der Waals surface area contributed by atoms with Crippen LogP contribution in [0.1, 0.15) is 32.1 Å². The molecule has 0 amide bonds. The Kier molecular flexibility index (Phi) is 1.56. The lowest BCUT2D eigenvalue weighted by Crippen LogP contribution is -2.33. The van der Waals surface area contributed by atoms with Crippen LogP contribution in [0, 0.1) is 5.41 Å². The highest BCUT2D eigenvalue weighted by molar-refractivity contribution is 7.80. The van der Waals surface area contributed by atoms with Gasteiger partial charge in [-0.3, -0.25) is 0 Å². The molecule has 0 aromatic carbocycles. The second kappa shape index (κ2) is 2.34. The van der Waals surface area contributed by atoms with Crippen LogP contribution in [0.15, 0.2) is 0 Å². The average Bonchev–Trinajstić information content (AvgIpc) is 2.43. The van der Waals surface area contributed by atoms with Gasteiger partial charge in [0.1, 0.15) is 0 Å². The quantitative estimate of drug-likeness (QED) is 0.580. The summed E-state index contributed by atoms with van der Waals surface area (Å²) in [5, 5.41) is 3.63. The first kappa shape index (κ1) is 7.35. The highest BCUT2D eigenvalue weighted by atomic mass is 32.1. The third-order valence-corrected chi connectivity index (χ3v) is 3.22. The number of nitrogens with two attached hydrogens (primary N) is 1. The van der Waals surface area contributed by atoms with Gasteiger partial charge in [-0.1, -0.05) is 12.8 Å². The van der Waals surface area contributed by atoms with Gasteiger partial charge in [0.2, 0.25) is 0 Å². The van der Waals surface area contributed by atoms with Crippen molar-refractivity contribution < 1.29 is 0 Å². The molecule has 0 aromatic rings. The number of nitrogens with one attached hydrogen (secondary N) is 1. The smallest absolute Gasteiger partial charge is 0.163 e. The van der Waals surface area contributed by atoms with E-state index in [2.05, 4.69) is 5.32 Å². The largest absolute Gasteiger partial charge is 0.376 e. The monoisotopic (exact) mass is 170 g/mol. The fraction of sp³-hybridized carbons (Fsp3) is 0.875. The minimum absolute atomic E-state index is 0.471. The van der Waals surface area contributed by atoms with Gasteiger partial charge in [0.25, 0.3) is 0 Å². The zero-order valence-electron chi connectivity index (χ0n) is 6.60. The Morgan fingerprint density at radius 3 is 2.64 bits per heavy atom. The van der Waals surface area contributed by atoms with E-state index in [1.165, 1.54) is 32.1 Å². The zero-order valence-corrected chi connectivity index (χ0v) is 7.41. The Morgan fingerprint density at radius 1 is 1.45 bits per heavy atom. The van der Waals surface area contributed by atoms with Crippen molar-refractivity contribution in [3.63, 3.8) is 0 Å². The van der Waals surface area contributed by atoms with Crippen LogP contribution in [0.4, 0.5) is 0 Å². The molecule has 2 aliphatic rings. The number of hydrogen-bond acceptors (Lipinski definition) is 1. The van der Waals surface area contributed by atoms with Crippen molar-refractivity contribution in [2.75, 3.05) is 0 Å². The summed E-state index contributed by atoms with van der Waals surface area (Å²) in [6.07, 6.45) is 6.86. The van der Waals surface area contributed by atoms with E-state index >= 15 is 0 Å². The molecule has 62 valence electrons. The topological polar surface area (TPSA) is 38.0 Å². The fourth-order valence-corrected chi connectivity index (χ4v) is 2.50. The molecule has 0 radical (unpaired) electrons. The van der Waals surface area contributed by atoms with E-state index in [0.29, 0.717) is 16.6 Å². The second-order valence-electron chi connectivity index (χ2n) is 3.83. The molecule has 1 spiro atoms. The lowest BCUT2D eigenvalue weighted by atomic mass is 10.1. The van der Waals surface area contributed by atoms with E-state index in [0.717, 1.165) is 0 Å². The van der Waals surface area contributed by atoms with Gasteiger partial charge in [-0.2, -0.15) is 0 Å². The predicted molar refractivity (Wildman–Crippen MR) is 49.2 cm³/mol. The first-order valence-corrected chi connectivity index (χ1v) is 4.70. The molecule has 2 aliphatic carbocycles. The Morgan fingerprint density at radius 2 is 2.09 bits per heavy atom. The Bertz CT molecular complexity index is 185. The normalized spacial score (nSPS) is 32.2. The van der Waals surface area contributed by atoms with Crippen molar-refractivity contribution in [3.05, 3.63) is 0 Å². The minimum Gasteiger partial charge on any atom is -0.376 e. The van der Waals surface area contributed by atoms with Gasteiger partial charge in [0.05, 0.1) is 0 Å². The van der Waals surface area contributed by atoms with Crippen LogP contribution in [0.2, 0.25) is 0 Å². The van der Waals surface area contributed by atoms with Gasteiger partial charge in [-0.25, -0.2) is 0 Å². The molecule has 0 aromatic heterocycles. The molecule has 2 nitrogen and oxygen atoms in total. The predicted octanol–water partition coefficient (Wildman–Crippen LogP) is 1.15. The van der Waals surface area contributed by atoms with Crippen molar-refractivity contribution in [3.8, 4) is 0 Å². The maximum atomic E-state index is 5.40. The van der Waals surface area contributed by atoms with Gasteiger partial charge in [-0.15, -0.1) is 0 Å². The van der Waals surface area contributed by atoms with E-state index in [1.807, 2.05) is 0 Å². The van der Waals surface area contributed by atoms with Gasteiger partial charge in [0.15, 0.2) is 5.11 Å². The molecule has 0 saturated heterocycles. The summed E-state index contributed by atoms with van der Waals surface area (Å²) in [4.78, 5) is 0. The van der Waals surface area contributed by atoms with Crippen LogP contribution in [-0.2, 0) is 0 Å². The Balaban J connectivity index is 1.88. The van der Waals surface area contributed by atoms with E-state index in [-0.39, 0.29) is 0 Å². The summed E-state index contributed by atoms with van der Waals surface area (Å²) in [5.41, 5.74) is 6.02. The highest BCUT2D eigenvalue weighted by Gasteiger charge is 2.55. The standard InChI is InChI=1S/C8H14N2S/c9-7(11)10-6-5-8(6)3-1-2-4-8/h6H,1-5H2,(H3,9,10,11). The summed E-state index contributed by atoms with van der Waals surface area (Å²) >= 11 is 4.80. The first-order chi connectivity index (χ1) is 5.23. The molecule has 0 bridgehead atoms. The van der Waals surface area contributed by atoms with Crippen LogP contribution in [0.25, 0.3) is 0 Å². The van der Waals surface area contributed by atoms with Crippen molar-refractivity contribution in [1.82, 2.24) is 5.32 Å². The molecule has 11 heavy (non-hydrogen) atoms. The van der Waals surface area contributed by atoms with Gasteiger partial charge in [-0.05, 0) is 36.9 Å². The molecule has 0 aliphatic heterocycles. The van der Waals surface area contributed by atoms with Crippen LogP contribution >= 0.6 is 12.2 Å². The lowest BCUT2D eigenvalue weighted by Gasteiger charge is -2.08. The summed E-state index contributed by atoms with van der Waals surface area (Å²) in [6, 6.07) is 0.613. The van der Waals surface area contributed by atoms with Crippen molar-refractivity contribution in [2.45, 2.75) is 38.1 Å². The number of rotatable bonds is 1. The van der Waals surface area contributed by atoms with Crippen LogP contribution in [-0.4, -0.2) is 11.2 Å². The molecule has 2 fully saturated rings. The summed E-state index contributed by atoms with van der Waals surface area (Å²) in [7, 11) is 0. The summed E-state index contributed by atoms with van der Waals surface area (Å²) in [5.74, 6) is 0. The molecular formula is C8H14N2S. The van der Waals surface area contributed by atoms with E-state index in [1.54, 1.807) is 0 Å². The molecule has 1 atom stereocenters. The lowest BCUT2D eigenvalue weighted by molar-refractivity contribution is 0.497. The van der Waals surface area contributed by atoms with Crippen molar-refractivity contribution in [2.24, 2.45) is 11.1 Å². The van der Waals surface area contributed by atoms with E-state index in [4.69, 9.17) is 18.0 Å². The molecular weight excluding hydrogens is 156 g/mol. The second-order valence-corrected chi connectivity index (χ2v) is 4.27. The van der Waals surface area contributed by atoms with Gasteiger partial charge < -0.3 is 11.1 Å². The maximum absolute atomic E-state index is 5.40. The van der Waals surface area contributed by atoms with Crippen LogP contribution in [0.5, 0.6) is 0 Å². The molecule has 3 heteroatoms. The summed E-state index contributed by atoms with van der Waals surface area (Å²) < 4.78 is 0. The maximum Gasteiger partial charge on any atom is 0.163 e. The minimum atomic E-state index is 0.471. The van der Waals surface area contributed by atoms with Crippen LogP contribution < -0.4 is 11.1 Å². The summed E-state index contributed by atoms with van der Waals surface area (Å²) in [6.45, 7) is 0. The molecule has 0 heterocycles. The van der Waals surface area contributed by atoms with Crippen molar-refractivity contribution in [1.29, 1.82) is 0 Å². The zero-order chi connectivity index (χ0) is 7.90. The molecule has 2 saturated carbocycles. The molecule has 1 unspecified atom stereocenters. The Hall–Kier alpha value is -0.310. The number of thiocarbonyl (C=S) groups is 1. The first-order valence-electron chi connectivity index (χ1n) is 4.29. The van der Waals surface area contributed by atoms with E-state index < -0.39 is 0 Å². The fourth-order valence-electron chi connectivity index (χ4n) is 2.36. The van der Waals surface area contributed by atoms with E-state index in [9.17, 15) is 0 Å². The van der Waals surface area contributed by atoms with Gasteiger partial charge >= 0.3 is 0 Å². The number of hydrogen-bond donors (Lipinski definition) is 2. The SMILES string of the molecule is NC(=S)NC1CC12CCCC2. The highest BCUT2D eigenvalue weighted by Crippen LogP contribution is 2.57. The average molecular weight is 170 g/mol.